The fourth-order valence-electron chi connectivity index (χ4n) is 0.828. The zero-order valence-electron chi connectivity index (χ0n) is 8.96. The van der Waals surface area contributed by atoms with Crippen molar-refractivity contribution < 1.29 is 0 Å². The highest BCUT2D eigenvalue weighted by Gasteiger charge is 2.07. The highest BCUT2D eigenvalue weighted by molar-refractivity contribution is 5.61. The van der Waals surface area contributed by atoms with Crippen molar-refractivity contribution in [3.63, 3.8) is 0 Å². The molecule has 0 bridgehead atoms. The predicted octanol–water partition coefficient (Wildman–Crippen LogP) is 0.0265. The van der Waals surface area contributed by atoms with E-state index in [0.717, 1.165) is 0 Å². The lowest BCUT2D eigenvalue weighted by Gasteiger charge is -2.12. The summed E-state index contributed by atoms with van der Waals surface area (Å²) >= 11 is 0. The van der Waals surface area contributed by atoms with Crippen LogP contribution in [0.5, 0.6) is 0 Å². The molecule has 14 heavy (non-hydrogen) atoms. The van der Waals surface area contributed by atoms with Crippen LogP contribution in [0.1, 0.15) is 13.8 Å². The van der Waals surface area contributed by atoms with Gasteiger partial charge in [0.25, 0.3) is 5.56 Å². The minimum Gasteiger partial charge on any atom is -0.391 e. The van der Waals surface area contributed by atoms with Crippen molar-refractivity contribution >= 4 is 17.5 Å². The third kappa shape index (κ3) is 2.65. The maximum atomic E-state index is 11.0. The third-order valence-electron chi connectivity index (χ3n) is 1.38. The quantitative estimate of drug-likeness (QED) is 0.592. The summed E-state index contributed by atoms with van der Waals surface area (Å²) in [6.07, 6.45) is 0. The van der Waals surface area contributed by atoms with Crippen molar-refractivity contribution in [1.29, 1.82) is 0 Å². The molecule has 0 saturated heterocycles. The smallest absolute Gasteiger partial charge is 0.277 e. The topological polar surface area (TPSA) is 101 Å². The lowest BCUT2D eigenvalue weighted by atomic mass is 10.4. The lowest BCUT2D eigenvalue weighted by molar-refractivity contribution is 1.04. The van der Waals surface area contributed by atoms with Crippen LogP contribution in [-0.2, 0) is 0 Å². The van der Waals surface area contributed by atoms with Gasteiger partial charge in [0.05, 0.1) is 0 Å². The average molecular weight is 199 g/mol. The number of nitrogen functional groups attached to an aromatic ring is 2. The number of nitrogens with zero attached hydrogens (tertiary/aromatic N) is 2. The summed E-state index contributed by atoms with van der Waals surface area (Å²) in [4.78, 5) is 18.8. The van der Waals surface area contributed by atoms with Gasteiger partial charge in [-0.2, -0.15) is 4.98 Å². The highest BCUT2D eigenvalue weighted by atomic mass is 16.1. The normalized spacial score (nSPS) is 8.86. The van der Waals surface area contributed by atoms with Crippen LogP contribution in [0.3, 0.4) is 0 Å². The lowest BCUT2D eigenvalue weighted by Crippen LogP contribution is -2.22. The molecule has 1 rings (SSSR count). The molecule has 6 nitrogen and oxygen atoms in total. The van der Waals surface area contributed by atoms with Crippen LogP contribution >= 0.6 is 0 Å². The van der Waals surface area contributed by atoms with Gasteiger partial charge in [-0.1, -0.05) is 13.8 Å². The van der Waals surface area contributed by atoms with Crippen molar-refractivity contribution in [2.45, 2.75) is 13.8 Å². The van der Waals surface area contributed by atoms with E-state index in [9.17, 15) is 4.79 Å². The van der Waals surface area contributed by atoms with Crippen molar-refractivity contribution in [3.8, 4) is 0 Å². The van der Waals surface area contributed by atoms with Gasteiger partial charge in [0.1, 0.15) is 5.69 Å². The first-order chi connectivity index (χ1) is 6.52. The van der Waals surface area contributed by atoms with E-state index in [0.29, 0.717) is 5.82 Å². The number of aromatic nitrogens is 2. The number of H-pyrrole nitrogens is 1. The van der Waals surface area contributed by atoms with Gasteiger partial charge in [0.15, 0.2) is 5.82 Å². The van der Waals surface area contributed by atoms with Crippen LogP contribution in [0.4, 0.5) is 17.5 Å². The predicted molar refractivity (Wildman–Crippen MR) is 59.4 cm³/mol. The molecule has 0 fully saturated rings. The molecule has 0 aliphatic rings. The second-order valence-electron chi connectivity index (χ2n) is 2.58. The summed E-state index contributed by atoms with van der Waals surface area (Å²) in [6, 6.07) is 0. The average Bonchev–Trinajstić information content (AvgIpc) is 2.14. The van der Waals surface area contributed by atoms with E-state index in [4.69, 9.17) is 11.5 Å². The van der Waals surface area contributed by atoms with E-state index in [1.54, 1.807) is 19.0 Å². The second kappa shape index (κ2) is 5.11. The number of hydrogen-bond acceptors (Lipinski definition) is 5. The first-order valence-electron chi connectivity index (χ1n) is 4.35. The number of nitrogens with one attached hydrogen (secondary N) is 1. The van der Waals surface area contributed by atoms with Gasteiger partial charge >= 0.3 is 0 Å². The Morgan fingerprint density at radius 2 is 1.79 bits per heavy atom. The molecule has 1 aromatic heterocycles. The van der Waals surface area contributed by atoms with Gasteiger partial charge in [-0.15, -0.1) is 0 Å². The summed E-state index contributed by atoms with van der Waals surface area (Å²) in [7, 11) is 3.47. The van der Waals surface area contributed by atoms with E-state index in [1.165, 1.54) is 0 Å². The summed E-state index contributed by atoms with van der Waals surface area (Å²) in [5.41, 5.74) is 10.4. The molecule has 5 N–H and O–H groups in total. The van der Waals surface area contributed by atoms with Gasteiger partial charge in [-0.05, 0) is 0 Å². The number of aromatic amines is 1. The summed E-state index contributed by atoms with van der Waals surface area (Å²) in [5.74, 6) is 0.453. The molecular weight excluding hydrogens is 182 g/mol. The molecule has 0 saturated carbocycles. The largest absolute Gasteiger partial charge is 0.391 e. The Hall–Kier alpha value is -1.72. The number of nitrogens with two attached hydrogens (primary N) is 2. The first-order valence-corrected chi connectivity index (χ1v) is 4.35. The monoisotopic (exact) mass is 199 g/mol. The van der Waals surface area contributed by atoms with Gasteiger partial charge in [-0.3, -0.25) is 9.78 Å². The minimum absolute atomic E-state index is 0.0675. The van der Waals surface area contributed by atoms with Crippen LogP contribution < -0.4 is 21.9 Å². The Morgan fingerprint density at radius 3 is 2.21 bits per heavy atom. The second-order valence-corrected chi connectivity index (χ2v) is 2.58. The molecule has 0 aliphatic carbocycles. The van der Waals surface area contributed by atoms with Gasteiger partial charge < -0.3 is 16.4 Å². The molecule has 0 spiro atoms. The van der Waals surface area contributed by atoms with Gasteiger partial charge in [0.2, 0.25) is 5.95 Å². The van der Waals surface area contributed by atoms with E-state index < -0.39 is 5.56 Å². The molecule has 0 aromatic carbocycles. The molecule has 0 aliphatic heterocycles. The number of rotatable bonds is 1. The van der Waals surface area contributed by atoms with Crippen LogP contribution in [0.2, 0.25) is 0 Å². The Bertz CT molecular complexity index is 344. The van der Waals surface area contributed by atoms with Crippen LogP contribution in [0.25, 0.3) is 0 Å². The summed E-state index contributed by atoms with van der Waals surface area (Å²) < 4.78 is 0. The van der Waals surface area contributed by atoms with Gasteiger partial charge in [-0.25, -0.2) is 0 Å². The molecule has 0 amide bonds. The van der Waals surface area contributed by atoms with Crippen LogP contribution in [-0.4, -0.2) is 24.1 Å². The zero-order chi connectivity index (χ0) is 11.3. The Kier molecular flexibility index (Phi) is 4.48. The van der Waals surface area contributed by atoms with Crippen molar-refractivity contribution in [2.75, 3.05) is 30.5 Å². The zero-order valence-corrected chi connectivity index (χ0v) is 8.96. The molecule has 1 aromatic rings. The molecule has 0 radical (unpaired) electrons. The highest BCUT2D eigenvalue weighted by Crippen LogP contribution is 2.12. The van der Waals surface area contributed by atoms with E-state index in [1.807, 2.05) is 13.8 Å². The molecule has 1 heterocycles. The fourth-order valence-corrected chi connectivity index (χ4v) is 0.828. The maximum Gasteiger partial charge on any atom is 0.277 e. The van der Waals surface area contributed by atoms with Crippen molar-refractivity contribution in [1.82, 2.24) is 9.97 Å². The SMILES string of the molecule is CC.CN(C)c1nc(N)[nH]c(=O)c1N. The number of anilines is 3. The van der Waals surface area contributed by atoms with Crippen LogP contribution in [0.15, 0.2) is 4.79 Å². The summed E-state index contributed by atoms with van der Waals surface area (Å²) in [5, 5.41) is 0. The van der Waals surface area contributed by atoms with Crippen molar-refractivity contribution in [3.05, 3.63) is 10.4 Å². The van der Waals surface area contributed by atoms with Crippen molar-refractivity contribution in [2.24, 2.45) is 0 Å². The Labute approximate surface area is 82.9 Å². The molecule has 80 valence electrons. The van der Waals surface area contributed by atoms with E-state index >= 15 is 0 Å². The Morgan fingerprint density at radius 1 is 1.29 bits per heavy atom. The van der Waals surface area contributed by atoms with Crippen LogP contribution in [0, 0.1) is 0 Å². The van der Waals surface area contributed by atoms with E-state index in [-0.39, 0.29) is 11.6 Å². The fraction of sp³-hybridized carbons (Fsp3) is 0.500. The molecule has 0 unspecified atom stereocenters. The summed E-state index contributed by atoms with van der Waals surface area (Å²) in [6.45, 7) is 4.00. The first kappa shape index (κ1) is 12.3. The minimum atomic E-state index is -0.411. The Balaban J connectivity index is 0.000000791. The molecular formula is C8H17N5O. The molecule has 6 heteroatoms. The van der Waals surface area contributed by atoms with E-state index in [2.05, 4.69) is 9.97 Å². The van der Waals surface area contributed by atoms with Gasteiger partial charge in [0, 0.05) is 14.1 Å². The third-order valence-corrected chi connectivity index (χ3v) is 1.38. The number of hydrogen-bond donors (Lipinski definition) is 3. The molecule has 0 atom stereocenters. The standard InChI is InChI=1S/C6H11N5O.C2H6/c1-11(2)4-3(7)5(12)10-6(8)9-4;1-2/h7H2,1-2H3,(H3,8,9,10,12);1-2H3. The maximum absolute atomic E-state index is 11.0.